The molecule has 0 radical (unpaired) electrons. The summed E-state index contributed by atoms with van der Waals surface area (Å²) in [5, 5.41) is 0. The van der Waals surface area contributed by atoms with Crippen LogP contribution in [-0.2, 0) is 14.2 Å². The Balaban J connectivity index is 1.07. The third-order valence-electron chi connectivity index (χ3n) is 15.4. The second-order valence-corrected chi connectivity index (χ2v) is 20.4. The summed E-state index contributed by atoms with van der Waals surface area (Å²) in [7, 11) is 4.26. The van der Waals surface area contributed by atoms with E-state index in [0.717, 1.165) is 67.9 Å². The largest absolute Gasteiger partial charge is 0.379 e. The fraction of sp³-hybridized carbons (Fsp3) is 0.885. The molecule has 9 atom stereocenters. The van der Waals surface area contributed by atoms with Gasteiger partial charge >= 0.3 is 0 Å². The van der Waals surface area contributed by atoms with E-state index in [2.05, 4.69) is 90.9 Å². The van der Waals surface area contributed by atoms with Crippen LogP contribution in [0, 0.1) is 46.3 Å². The zero-order valence-corrected chi connectivity index (χ0v) is 38.5. The Morgan fingerprint density at radius 1 is 0.768 bits per heavy atom. The molecular formula is C52H93NO3. The molecule has 56 heavy (non-hydrogen) atoms. The summed E-state index contributed by atoms with van der Waals surface area (Å²) in [6.07, 6.45) is 43.0. The lowest BCUT2D eigenvalue weighted by Crippen LogP contribution is -2.51. The minimum absolute atomic E-state index is 0.0982. The van der Waals surface area contributed by atoms with Crippen LogP contribution in [0.2, 0.25) is 0 Å². The minimum atomic E-state index is 0.0982. The SMILES string of the molecule is CCCCCC=CCC=CCCCCCCCCOCC(CN(C)C)OCCO[C@H]1CC[C@@]2(C)C(=CCC3C4CCC(C(C)CCCC(C)C)[C@@]4(C)CCC32)C1. The average Bonchev–Trinajstić information content (AvgIpc) is 3.53. The number of unbranched alkanes of at least 4 members (excludes halogenated alkanes) is 9. The van der Waals surface area contributed by atoms with Gasteiger partial charge in [-0.3, -0.25) is 0 Å². The summed E-state index contributed by atoms with van der Waals surface area (Å²) >= 11 is 0. The first-order valence-corrected chi connectivity index (χ1v) is 24.5. The summed E-state index contributed by atoms with van der Waals surface area (Å²) in [4.78, 5) is 2.22. The van der Waals surface area contributed by atoms with Crippen molar-refractivity contribution >= 4 is 0 Å². The van der Waals surface area contributed by atoms with E-state index in [9.17, 15) is 0 Å². The molecule has 0 aromatic carbocycles. The number of hydrogen-bond donors (Lipinski definition) is 0. The van der Waals surface area contributed by atoms with Gasteiger partial charge in [-0.1, -0.05) is 135 Å². The highest BCUT2D eigenvalue weighted by Gasteiger charge is 2.59. The minimum Gasteiger partial charge on any atom is -0.379 e. The number of fused-ring (bicyclic) bond motifs is 5. The third kappa shape index (κ3) is 15.0. The number of allylic oxidation sites excluding steroid dienone is 5. The summed E-state index contributed by atoms with van der Waals surface area (Å²) in [5.74, 6) is 5.38. The zero-order chi connectivity index (χ0) is 40.2. The van der Waals surface area contributed by atoms with Crippen LogP contribution in [-0.4, -0.2) is 64.2 Å². The van der Waals surface area contributed by atoms with Gasteiger partial charge in [0.25, 0.3) is 0 Å². The second kappa shape index (κ2) is 25.6. The van der Waals surface area contributed by atoms with Crippen LogP contribution in [0.3, 0.4) is 0 Å². The van der Waals surface area contributed by atoms with E-state index >= 15 is 0 Å². The van der Waals surface area contributed by atoms with Crippen LogP contribution in [0.1, 0.15) is 189 Å². The van der Waals surface area contributed by atoms with E-state index in [1.54, 1.807) is 5.57 Å². The number of nitrogens with zero attached hydrogens (tertiary/aromatic N) is 1. The fourth-order valence-corrected chi connectivity index (χ4v) is 12.2. The van der Waals surface area contributed by atoms with Gasteiger partial charge < -0.3 is 19.1 Å². The van der Waals surface area contributed by atoms with Crippen LogP contribution in [0.5, 0.6) is 0 Å². The van der Waals surface area contributed by atoms with E-state index in [0.29, 0.717) is 36.8 Å². The van der Waals surface area contributed by atoms with Gasteiger partial charge in [-0.2, -0.15) is 0 Å². The lowest BCUT2D eigenvalue weighted by atomic mass is 9.47. The topological polar surface area (TPSA) is 30.9 Å². The first kappa shape index (κ1) is 47.7. The number of likely N-dealkylation sites (N-methyl/N-ethyl adjacent to an activating group) is 1. The Bertz CT molecular complexity index is 1140. The van der Waals surface area contributed by atoms with Crippen molar-refractivity contribution < 1.29 is 14.2 Å². The van der Waals surface area contributed by atoms with Gasteiger partial charge in [-0.25, -0.2) is 0 Å². The summed E-state index contributed by atoms with van der Waals surface area (Å²) in [6.45, 7) is 18.8. The molecule has 0 spiro atoms. The molecule has 4 heteroatoms. The quantitative estimate of drug-likeness (QED) is 0.0559. The Morgan fingerprint density at radius 2 is 1.50 bits per heavy atom. The summed E-state index contributed by atoms with van der Waals surface area (Å²) in [5.41, 5.74) is 2.69. The third-order valence-corrected chi connectivity index (χ3v) is 15.4. The summed E-state index contributed by atoms with van der Waals surface area (Å²) < 4.78 is 19.1. The Labute approximate surface area is 348 Å². The molecule has 0 aromatic rings. The van der Waals surface area contributed by atoms with E-state index in [-0.39, 0.29) is 6.10 Å². The zero-order valence-electron chi connectivity index (χ0n) is 38.5. The predicted octanol–water partition coefficient (Wildman–Crippen LogP) is 14.2. The highest BCUT2D eigenvalue weighted by atomic mass is 16.6. The van der Waals surface area contributed by atoms with Crippen LogP contribution in [0.15, 0.2) is 36.0 Å². The Hall–Kier alpha value is -0.940. The number of hydrogen-bond acceptors (Lipinski definition) is 4. The number of ether oxygens (including phenoxy) is 3. The highest BCUT2D eigenvalue weighted by Crippen LogP contribution is 2.67. The average molecular weight is 780 g/mol. The van der Waals surface area contributed by atoms with Gasteiger partial charge in [0.05, 0.1) is 32.0 Å². The molecule has 0 aromatic heterocycles. The van der Waals surface area contributed by atoms with Crippen LogP contribution in [0.4, 0.5) is 0 Å². The summed E-state index contributed by atoms with van der Waals surface area (Å²) in [6, 6.07) is 0. The van der Waals surface area contributed by atoms with Gasteiger partial charge in [0.15, 0.2) is 0 Å². The molecule has 324 valence electrons. The van der Waals surface area contributed by atoms with Crippen molar-refractivity contribution in [1.29, 1.82) is 0 Å². The number of rotatable bonds is 29. The molecule has 3 saturated carbocycles. The van der Waals surface area contributed by atoms with Crippen molar-refractivity contribution in [2.45, 2.75) is 201 Å². The first-order valence-electron chi connectivity index (χ1n) is 24.5. The van der Waals surface area contributed by atoms with Gasteiger partial charge in [-0.15, -0.1) is 0 Å². The molecule has 6 unspecified atom stereocenters. The highest BCUT2D eigenvalue weighted by molar-refractivity contribution is 5.25. The molecule has 4 aliphatic carbocycles. The van der Waals surface area contributed by atoms with E-state index in [1.807, 2.05) is 0 Å². The molecular weight excluding hydrogens is 687 g/mol. The van der Waals surface area contributed by atoms with E-state index in [1.165, 1.54) is 128 Å². The maximum Gasteiger partial charge on any atom is 0.0935 e. The van der Waals surface area contributed by atoms with E-state index in [4.69, 9.17) is 14.2 Å². The van der Waals surface area contributed by atoms with Gasteiger partial charge in [0.2, 0.25) is 0 Å². The predicted molar refractivity (Wildman–Crippen MR) is 241 cm³/mol. The fourth-order valence-electron chi connectivity index (χ4n) is 12.2. The van der Waals surface area contributed by atoms with Crippen molar-refractivity contribution in [1.82, 2.24) is 4.90 Å². The molecule has 0 saturated heterocycles. The monoisotopic (exact) mass is 780 g/mol. The molecule has 0 amide bonds. The lowest BCUT2D eigenvalue weighted by Gasteiger charge is -2.58. The van der Waals surface area contributed by atoms with Crippen molar-refractivity contribution in [2.75, 3.05) is 47.1 Å². The lowest BCUT2D eigenvalue weighted by molar-refractivity contribution is -0.0785. The first-order chi connectivity index (χ1) is 27.1. The molecule has 0 bridgehead atoms. The van der Waals surface area contributed by atoms with Crippen molar-refractivity contribution in [3.05, 3.63) is 36.0 Å². The molecule has 4 aliphatic rings. The molecule has 4 nitrogen and oxygen atoms in total. The van der Waals surface area contributed by atoms with Crippen molar-refractivity contribution in [3.63, 3.8) is 0 Å². The molecule has 3 fully saturated rings. The smallest absolute Gasteiger partial charge is 0.0935 e. The van der Waals surface area contributed by atoms with Gasteiger partial charge in [-0.05, 0) is 150 Å². The standard InChI is InChI=1S/C52H93NO3/c1-9-10-11-12-13-14-15-16-17-18-19-20-21-22-23-24-36-54-41-46(40-53(7)8)56-38-37-55-45-32-34-51(5)44(39-45)28-29-47-49-31-30-48(43(4)27-25-26-42(2)3)52(49,6)35-33-50(47)51/h13-14,16-17,28,42-43,45-50H,9-12,15,18-27,29-41H2,1-8H3/t43?,45-,46?,47?,48?,49?,50?,51-,52+/m0/s1. The second-order valence-electron chi connectivity index (χ2n) is 20.4. The van der Waals surface area contributed by atoms with Crippen LogP contribution in [0.25, 0.3) is 0 Å². The van der Waals surface area contributed by atoms with Gasteiger partial charge in [0.1, 0.15) is 0 Å². The maximum absolute atomic E-state index is 6.56. The van der Waals surface area contributed by atoms with E-state index < -0.39 is 0 Å². The van der Waals surface area contributed by atoms with Crippen molar-refractivity contribution in [3.8, 4) is 0 Å². The Morgan fingerprint density at radius 3 is 2.23 bits per heavy atom. The molecule has 0 heterocycles. The molecule has 0 N–H and O–H groups in total. The molecule has 4 rings (SSSR count). The van der Waals surface area contributed by atoms with Crippen LogP contribution < -0.4 is 0 Å². The normalized spacial score (nSPS) is 30.2. The Kier molecular flexibility index (Phi) is 21.8. The molecule has 0 aliphatic heterocycles. The van der Waals surface area contributed by atoms with Crippen LogP contribution >= 0.6 is 0 Å². The van der Waals surface area contributed by atoms with Crippen molar-refractivity contribution in [2.24, 2.45) is 46.3 Å². The van der Waals surface area contributed by atoms with Gasteiger partial charge in [0, 0.05) is 13.2 Å². The maximum atomic E-state index is 6.56.